The third-order valence-electron chi connectivity index (χ3n) is 4.51. The van der Waals surface area contributed by atoms with Crippen LogP contribution >= 0.6 is 0 Å². The van der Waals surface area contributed by atoms with Gasteiger partial charge in [0, 0.05) is 31.9 Å². The van der Waals surface area contributed by atoms with Crippen molar-refractivity contribution in [1.29, 1.82) is 0 Å². The van der Waals surface area contributed by atoms with Crippen molar-refractivity contribution in [2.45, 2.75) is 32.0 Å². The lowest BCUT2D eigenvalue weighted by Crippen LogP contribution is -2.35. The van der Waals surface area contributed by atoms with E-state index in [0.29, 0.717) is 19.0 Å². The summed E-state index contributed by atoms with van der Waals surface area (Å²) in [6, 6.07) is 1.08. The van der Waals surface area contributed by atoms with Crippen LogP contribution in [0, 0.1) is 5.92 Å². The van der Waals surface area contributed by atoms with E-state index in [-0.39, 0.29) is 11.8 Å². The number of rotatable bonds is 4. The summed E-state index contributed by atoms with van der Waals surface area (Å²) < 4.78 is 37.7. The summed E-state index contributed by atoms with van der Waals surface area (Å²) in [5.74, 6) is 0.615. The highest BCUT2D eigenvalue weighted by Crippen LogP contribution is 2.21. The number of aromatic nitrogens is 2. The second-order valence-electron chi connectivity index (χ2n) is 6.55. The summed E-state index contributed by atoms with van der Waals surface area (Å²) in [6.45, 7) is 3.49. The summed E-state index contributed by atoms with van der Waals surface area (Å²) in [6.07, 6.45) is 0.343. The smallest absolute Gasteiger partial charge is 0.324 e. The third-order valence-corrected chi connectivity index (χ3v) is 4.51. The summed E-state index contributed by atoms with van der Waals surface area (Å²) in [7, 11) is 0. The fourth-order valence-electron chi connectivity index (χ4n) is 3.39. The first-order valence-corrected chi connectivity index (χ1v) is 8.27. The number of carbonyl (C=O) groups excluding carboxylic acids is 1. The van der Waals surface area contributed by atoms with Gasteiger partial charge in [-0.1, -0.05) is 0 Å². The average molecular weight is 345 g/mol. The molecule has 2 saturated heterocycles. The number of urea groups is 1. The molecule has 1 aromatic rings. The molecular weight excluding hydrogens is 323 g/mol. The lowest BCUT2D eigenvalue weighted by atomic mass is 10.1. The Morgan fingerprint density at radius 2 is 2.04 bits per heavy atom. The van der Waals surface area contributed by atoms with Crippen LogP contribution in [0.15, 0.2) is 12.3 Å². The van der Waals surface area contributed by atoms with E-state index in [1.807, 2.05) is 0 Å². The number of nitrogens with zero attached hydrogens (tertiary/aromatic N) is 4. The third kappa shape index (κ3) is 4.62. The quantitative estimate of drug-likeness (QED) is 0.912. The lowest BCUT2D eigenvalue weighted by Gasteiger charge is -2.20. The van der Waals surface area contributed by atoms with Crippen LogP contribution < -0.4 is 5.32 Å². The van der Waals surface area contributed by atoms with Crippen molar-refractivity contribution in [3.63, 3.8) is 0 Å². The van der Waals surface area contributed by atoms with Crippen molar-refractivity contribution in [2.75, 3.05) is 38.0 Å². The highest BCUT2D eigenvalue weighted by molar-refractivity contribution is 5.88. The fraction of sp³-hybridized carbons (Fsp3) is 0.733. The molecule has 1 N–H and O–H groups in total. The molecule has 9 heteroatoms. The van der Waals surface area contributed by atoms with Gasteiger partial charge < -0.3 is 9.80 Å². The fourth-order valence-corrected chi connectivity index (χ4v) is 3.39. The zero-order valence-electron chi connectivity index (χ0n) is 13.4. The first-order chi connectivity index (χ1) is 11.4. The average Bonchev–Trinajstić information content (AvgIpc) is 3.20. The van der Waals surface area contributed by atoms with Crippen molar-refractivity contribution >= 4 is 11.8 Å². The van der Waals surface area contributed by atoms with Gasteiger partial charge in [-0.3, -0.25) is 10.00 Å². The molecule has 6 nitrogen and oxygen atoms in total. The number of anilines is 1. The molecule has 1 aromatic heterocycles. The predicted octanol–water partition coefficient (Wildman–Crippen LogP) is 2.40. The van der Waals surface area contributed by atoms with Gasteiger partial charge in [0.25, 0.3) is 0 Å². The summed E-state index contributed by atoms with van der Waals surface area (Å²) in [5, 5.41) is 6.32. The van der Waals surface area contributed by atoms with Crippen molar-refractivity contribution < 1.29 is 18.0 Å². The van der Waals surface area contributed by atoms with Crippen LogP contribution in [0.5, 0.6) is 0 Å². The Bertz CT molecular complexity index is 568. The molecule has 0 spiro atoms. The molecule has 3 heterocycles. The SMILES string of the molecule is O=C(Nc1ccn(CC(F)(F)F)n1)N1CC[C@H](CN2CCCC2)C1. The molecule has 0 saturated carbocycles. The Kier molecular flexibility index (Phi) is 4.98. The van der Waals surface area contributed by atoms with Crippen molar-refractivity contribution in [3.8, 4) is 0 Å². The van der Waals surface area contributed by atoms with Gasteiger partial charge in [0.1, 0.15) is 6.54 Å². The van der Waals surface area contributed by atoms with Gasteiger partial charge in [-0.2, -0.15) is 18.3 Å². The maximum absolute atomic E-state index is 12.3. The number of nitrogens with one attached hydrogen (secondary N) is 1. The Labute approximate surface area is 138 Å². The van der Waals surface area contributed by atoms with Gasteiger partial charge in [0.15, 0.2) is 5.82 Å². The number of hydrogen-bond acceptors (Lipinski definition) is 3. The number of halogens is 3. The molecule has 2 aliphatic rings. The van der Waals surface area contributed by atoms with Crippen molar-refractivity contribution in [3.05, 3.63) is 12.3 Å². The van der Waals surface area contributed by atoms with Gasteiger partial charge in [0.05, 0.1) is 0 Å². The highest BCUT2D eigenvalue weighted by atomic mass is 19.4. The normalized spacial score (nSPS) is 22.3. The number of likely N-dealkylation sites (tertiary alicyclic amines) is 2. The minimum absolute atomic E-state index is 0.146. The molecule has 1 atom stereocenters. The first-order valence-electron chi connectivity index (χ1n) is 8.27. The molecule has 134 valence electrons. The molecular formula is C15H22F3N5O. The molecule has 2 amide bonds. The zero-order chi connectivity index (χ0) is 17.2. The van der Waals surface area contributed by atoms with Crippen LogP contribution in [0.4, 0.5) is 23.8 Å². The van der Waals surface area contributed by atoms with E-state index in [0.717, 1.165) is 30.7 Å². The van der Waals surface area contributed by atoms with Crippen LogP contribution in [-0.4, -0.2) is 64.5 Å². The largest absolute Gasteiger partial charge is 0.408 e. The zero-order valence-corrected chi connectivity index (χ0v) is 13.4. The standard InChI is InChI=1S/C15H22F3N5O/c16-15(17,18)11-23-8-4-13(20-23)19-14(24)22-7-3-12(10-22)9-21-5-1-2-6-21/h4,8,12H,1-3,5-7,9-11H2,(H,19,20,24)/t12-/m1/s1. The van der Waals surface area contributed by atoms with Gasteiger partial charge in [-0.25, -0.2) is 4.79 Å². The first kappa shape index (κ1) is 17.1. The van der Waals surface area contributed by atoms with E-state index in [1.165, 1.54) is 25.1 Å². The minimum atomic E-state index is -4.33. The lowest BCUT2D eigenvalue weighted by molar-refractivity contribution is -0.142. The Hall–Kier alpha value is -1.77. The van der Waals surface area contributed by atoms with Gasteiger partial charge in [-0.15, -0.1) is 0 Å². The molecule has 3 rings (SSSR count). The molecule has 2 aliphatic heterocycles. The van der Waals surface area contributed by atoms with Gasteiger partial charge >= 0.3 is 12.2 Å². The molecule has 0 aromatic carbocycles. The molecule has 0 unspecified atom stereocenters. The van der Waals surface area contributed by atoms with E-state index in [9.17, 15) is 18.0 Å². The van der Waals surface area contributed by atoms with Crippen LogP contribution in [0.1, 0.15) is 19.3 Å². The molecule has 24 heavy (non-hydrogen) atoms. The van der Waals surface area contributed by atoms with Crippen LogP contribution in [0.2, 0.25) is 0 Å². The van der Waals surface area contributed by atoms with Crippen molar-refractivity contribution in [2.24, 2.45) is 5.92 Å². The van der Waals surface area contributed by atoms with E-state index in [4.69, 9.17) is 0 Å². The maximum Gasteiger partial charge on any atom is 0.408 e. The van der Waals surface area contributed by atoms with E-state index < -0.39 is 12.7 Å². The summed E-state index contributed by atoms with van der Waals surface area (Å²) in [4.78, 5) is 16.4. The predicted molar refractivity (Wildman–Crippen MR) is 82.7 cm³/mol. The number of hydrogen-bond donors (Lipinski definition) is 1. The topological polar surface area (TPSA) is 53.4 Å². The monoisotopic (exact) mass is 345 g/mol. The molecule has 0 radical (unpaired) electrons. The number of alkyl halides is 3. The maximum atomic E-state index is 12.3. The Balaban J connectivity index is 1.47. The molecule has 0 aliphatic carbocycles. The number of carbonyl (C=O) groups is 1. The number of amides is 2. The Morgan fingerprint density at radius 1 is 1.29 bits per heavy atom. The van der Waals surface area contributed by atoms with E-state index >= 15 is 0 Å². The van der Waals surface area contributed by atoms with Gasteiger partial charge in [0.2, 0.25) is 0 Å². The van der Waals surface area contributed by atoms with E-state index in [1.54, 1.807) is 4.90 Å². The van der Waals surface area contributed by atoms with Crippen LogP contribution in [0.3, 0.4) is 0 Å². The second-order valence-corrected chi connectivity index (χ2v) is 6.55. The molecule has 2 fully saturated rings. The summed E-state index contributed by atoms with van der Waals surface area (Å²) >= 11 is 0. The highest BCUT2D eigenvalue weighted by Gasteiger charge is 2.30. The van der Waals surface area contributed by atoms with Crippen LogP contribution in [0.25, 0.3) is 0 Å². The van der Waals surface area contributed by atoms with E-state index in [2.05, 4.69) is 15.3 Å². The summed E-state index contributed by atoms with van der Waals surface area (Å²) in [5.41, 5.74) is 0. The minimum Gasteiger partial charge on any atom is -0.324 e. The van der Waals surface area contributed by atoms with Crippen molar-refractivity contribution in [1.82, 2.24) is 19.6 Å². The molecule has 0 bridgehead atoms. The van der Waals surface area contributed by atoms with Crippen LogP contribution in [-0.2, 0) is 6.54 Å². The Morgan fingerprint density at radius 3 is 2.75 bits per heavy atom. The second kappa shape index (κ2) is 7.00. The van der Waals surface area contributed by atoms with Gasteiger partial charge in [-0.05, 0) is 38.3 Å².